The van der Waals surface area contributed by atoms with Crippen molar-refractivity contribution < 1.29 is 0 Å². The highest BCUT2D eigenvalue weighted by Crippen LogP contribution is 2.31. The van der Waals surface area contributed by atoms with Crippen molar-refractivity contribution in [2.75, 3.05) is 43.4 Å². The minimum atomic E-state index is 0.775. The molecule has 33 heavy (non-hydrogen) atoms. The summed E-state index contributed by atoms with van der Waals surface area (Å²) in [6.07, 6.45) is 7.71. The predicted molar refractivity (Wildman–Crippen MR) is 135 cm³/mol. The third-order valence-corrected chi connectivity index (χ3v) is 6.39. The minimum absolute atomic E-state index is 0.775. The molecule has 0 atom stereocenters. The number of benzene rings is 1. The molecular weight excluding hydrogens is 410 g/mol. The summed E-state index contributed by atoms with van der Waals surface area (Å²) in [5, 5.41) is 9.99. The van der Waals surface area contributed by atoms with Gasteiger partial charge in [0.25, 0.3) is 0 Å². The maximum atomic E-state index is 4.62. The first kappa shape index (κ1) is 21.2. The van der Waals surface area contributed by atoms with Crippen molar-refractivity contribution in [3.8, 4) is 11.1 Å². The van der Waals surface area contributed by atoms with Gasteiger partial charge in [-0.2, -0.15) is 5.10 Å². The number of pyridine rings is 2. The van der Waals surface area contributed by atoms with Crippen LogP contribution in [0, 0.1) is 6.92 Å². The van der Waals surface area contributed by atoms with E-state index in [1.165, 1.54) is 11.1 Å². The van der Waals surface area contributed by atoms with Crippen molar-refractivity contribution in [3.05, 3.63) is 72.8 Å². The molecule has 4 heterocycles. The molecule has 168 valence electrons. The van der Waals surface area contributed by atoms with Crippen molar-refractivity contribution in [1.29, 1.82) is 0 Å². The van der Waals surface area contributed by atoms with Gasteiger partial charge >= 0.3 is 0 Å². The molecule has 7 nitrogen and oxygen atoms in total. The molecule has 0 saturated carbocycles. The molecule has 0 aliphatic carbocycles. The fraction of sp³-hybridized carbons (Fsp3) is 0.269. The van der Waals surface area contributed by atoms with Crippen LogP contribution in [0.15, 0.2) is 61.7 Å². The van der Waals surface area contributed by atoms with Gasteiger partial charge in [0.05, 0.1) is 6.20 Å². The highest BCUT2D eigenvalue weighted by atomic mass is 15.3. The average molecular weight is 440 g/mol. The number of hydrogen-bond donors (Lipinski definition) is 1. The molecule has 1 fully saturated rings. The third kappa shape index (κ3) is 4.32. The van der Waals surface area contributed by atoms with Crippen LogP contribution < -0.4 is 10.2 Å². The van der Waals surface area contributed by atoms with E-state index in [1.54, 1.807) is 0 Å². The largest absolute Gasteiger partial charge is 0.354 e. The highest BCUT2D eigenvalue weighted by molar-refractivity contribution is 5.93. The number of fused-ring (bicyclic) bond motifs is 1. The molecule has 7 heteroatoms. The summed E-state index contributed by atoms with van der Waals surface area (Å²) in [6.45, 7) is 10.5. The smallest absolute Gasteiger partial charge is 0.130 e. The normalized spacial score (nSPS) is 14.6. The van der Waals surface area contributed by atoms with Crippen LogP contribution >= 0.6 is 0 Å². The fourth-order valence-corrected chi connectivity index (χ4v) is 4.35. The first-order valence-corrected chi connectivity index (χ1v) is 11.2. The lowest BCUT2D eigenvalue weighted by Gasteiger charge is -2.33. The standard InChI is InChI=1S/C26H29N7/c1-18-23(22-16-29-32(4)17-22)6-5-21-15-28-25(14-24(18)21)30-19(2)20-7-8-27-26(13-20)33-11-9-31(3)10-12-33/h5-8,13-17H,2,9-12H2,1,3-4H3,(H,28,30). The average Bonchev–Trinajstić information content (AvgIpc) is 3.26. The van der Waals surface area contributed by atoms with Gasteiger partial charge in [0.15, 0.2) is 0 Å². The molecular formula is C26H29N7. The number of anilines is 2. The molecule has 0 radical (unpaired) electrons. The molecule has 0 unspecified atom stereocenters. The van der Waals surface area contributed by atoms with Crippen LogP contribution in [0.1, 0.15) is 11.1 Å². The van der Waals surface area contributed by atoms with Crippen LogP contribution in [0.2, 0.25) is 0 Å². The molecule has 1 aliphatic rings. The van der Waals surface area contributed by atoms with E-state index in [1.807, 2.05) is 42.6 Å². The third-order valence-electron chi connectivity index (χ3n) is 6.39. The molecule has 4 aromatic rings. The summed E-state index contributed by atoms with van der Waals surface area (Å²) in [5.41, 5.74) is 5.32. The number of hydrogen-bond acceptors (Lipinski definition) is 6. The monoisotopic (exact) mass is 439 g/mol. The second kappa shape index (κ2) is 8.67. The SMILES string of the molecule is C=C(Nc1cc2c(C)c(-c3cnn(C)c3)ccc2cn1)c1ccnc(N2CCN(C)CC2)c1. The summed E-state index contributed by atoms with van der Waals surface area (Å²) in [6, 6.07) is 10.4. The van der Waals surface area contributed by atoms with Gasteiger partial charge in [-0.25, -0.2) is 9.97 Å². The van der Waals surface area contributed by atoms with E-state index in [-0.39, 0.29) is 0 Å². The van der Waals surface area contributed by atoms with Crippen LogP contribution in [0.3, 0.4) is 0 Å². The van der Waals surface area contributed by atoms with Gasteiger partial charge in [-0.1, -0.05) is 18.7 Å². The van der Waals surface area contributed by atoms with Crippen LogP contribution in [0.25, 0.3) is 27.6 Å². The Morgan fingerprint density at radius 1 is 1.00 bits per heavy atom. The maximum Gasteiger partial charge on any atom is 0.130 e. The lowest BCUT2D eigenvalue weighted by molar-refractivity contribution is 0.312. The number of aromatic nitrogens is 4. The van der Waals surface area contributed by atoms with Crippen LogP contribution in [-0.2, 0) is 7.05 Å². The van der Waals surface area contributed by atoms with E-state index >= 15 is 0 Å². The summed E-state index contributed by atoms with van der Waals surface area (Å²) in [4.78, 5) is 13.9. The Morgan fingerprint density at radius 2 is 1.82 bits per heavy atom. The van der Waals surface area contributed by atoms with Gasteiger partial charge < -0.3 is 15.1 Å². The number of aryl methyl sites for hydroxylation is 2. The Kier molecular flexibility index (Phi) is 5.56. The Morgan fingerprint density at radius 3 is 2.58 bits per heavy atom. The molecule has 0 amide bonds. The second-order valence-corrected chi connectivity index (χ2v) is 8.73. The summed E-state index contributed by atoms with van der Waals surface area (Å²) < 4.78 is 1.83. The summed E-state index contributed by atoms with van der Waals surface area (Å²) in [7, 11) is 4.09. The fourth-order valence-electron chi connectivity index (χ4n) is 4.35. The number of nitrogens with one attached hydrogen (secondary N) is 1. The van der Waals surface area contributed by atoms with Gasteiger partial charge in [0, 0.05) is 74.0 Å². The molecule has 5 rings (SSSR count). The van der Waals surface area contributed by atoms with Crippen molar-refractivity contribution in [1.82, 2.24) is 24.6 Å². The van der Waals surface area contributed by atoms with Crippen molar-refractivity contribution in [2.24, 2.45) is 7.05 Å². The topological polar surface area (TPSA) is 62.1 Å². The van der Waals surface area contributed by atoms with E-state index in [0.717, 1.165) is 65.4 Å². The van der Waals surface area contributed by atoms with Gasteiger partial charge in [0.2, 0.25) is 0 Å². The molecule has 3 aromatic heterocycles. The lowest BCUT2D eigenvalue weighted by atomic mass is 9.98. The van der Waals surface area contributed by atoms with E-state index in [2.05, 4.69) is 75.0 Å². The van der Waals surface area contributed by atoms with Crippen molar-refractivity contribution >= 4 is 28.1 Å². The zero-order valence-corrected chi connectivity index (χ0v) is 19.4. The molecule has 1 saturated heterocycles. The minimum Gasteiger partial charge on any atom is -0.354 e. The number of rotatable bonds is 5. The van der Waals surface area contributed by atoms with E-state index in [4.69, 9.17) is 0 Å². The van der Waals surface area contributed by atoms with Crippen LogP contribution in [-0.4, -0.2) is 57.9 Å². The Balaban J connectivity index is 1.39. The Bertz CT molecular complexity index is 1320. The first-order valence-electron chi connectivity index (χ1n) is 11.2. The first-order chi connectivity index (χ1) is 16.0. The van der Waals surface area contributed by atoms with Crippen LogP contribution in [0.4, 0.5) is 11.6 Å². The number of likely N-dealkylation sites (N-methyl/N-ethyl adjacent to an activating group) is 1. The number of piperazine rings is 1. The molecule has 1 aromatic carbocycles. The molecule has 1 aliphatic heterocycles. The highest BCUT2D eigenvalue weighted by Gasteiger charge is 2.16. The zero-order chi connectivity index (χ0) is 22.9. The Labute approximate surface area is 194 Å². The number of nitrogens with zero attached hydrogens (tertiary/aromatic N) is 6. The Hall–Kier alpha value is -3.71. The van der Waals surface area contributed by atoms with Crippen LogP contribution in [0.5, 0.6) is 0 Å². The second-order valence-electron chi connectivity index (χ2n) is 8.73. The maximum absolute atomic E-state index is 4.62. The van der Waals surface area contributed by atoms with E-state index in [0.29, 0.717) is 0 Å². The van der Waals surface area contributed by atoms with Crippen molar-refractivity contribution in [3.63, 3.8) is 0 Å². The van der Waals surface area contributed by atoms with E-state index < -0.39 is 0 Å². The predicted octanol–water partition coefficient (Wildman–Crippen LogP) is 4.17. The molecule has 0 spiro atoms. The lowest BCUT2D eigenvalue weighted by Crippen LogP contribution is -2.44. The summed E-state index contributed by atoms with van der Waals surface area (Å²) >= 11 is 0. The van der Waals surface area contributed by atoms with E-state index in [9.17, 15) is 0 Å². The van der Waals surface area contributed by atoms with Gasteiger partial charge in [-0.15, -0.1) is 0 Å². The summed E-state index contributed by atoms with van der Waals surface area (Å²) in [5.74, 6) is 1.77. The van der Waals surface area contributed by atoms with Gasteiger partial charge in [-0.3, -0.25) is 4.68 Å². The van der Waals surface area contributed by atoms with Gasteiger partial charge in [0.1, 0.15) is 11.6 Å². The molecule has 1 N–H and O–H groups in total. The van der Waals surface area contributed by atoms with Gasteiger partial charge in [-0.05, 0) is 48.7 Å². The molecule has 0 bridgehead atoms. The quantitative estimate of drug-likeness (QED) is 0.504. The zero-order valence-electron chi connectivity index (χ0n) is 19.4. The van der Waals surface area contributed by atoms with Crippen molar-refractivity contribution in [2.45, 2.75) is 6.92 Å².